The van der Waals surface area contributed by atoms with Crippen molar-refractivity contribution in [2.24, 2.45) is 0 Å². The number of para-hydroxylation sites is 1. The number of hydrogen-bond acceptors (Lipinski definition) is 5. The molecule has 6 heteroatoms. The van der Waals surface area contributed by atoms with Crippen molar-refractivity contribution in [1.82, 2.24) is 9.80 Å². The minimum atomic E-state index is 0.0600. The first-order chi connectivity index (χ1) is 16.2. The number of benzene rings is 2. The lowest BCUT2D eigenvalue weighted by molar-refractivity contribution is -0.0155. The van der Waals surface area contributed by atoms with Crippen LogP contribution in [0.5, 0.6) is 11.5 Å². The molecular weight excluding hydrogens is 416 g/mol. The predicted octanol–water partition coefficient (Wildman–Crippen LogP) is 4.38. The van der Waals surface area contributed by atoms with Gasteiger partial charge in [0.25, 0.3) is 5.91 Å². The van der Waals surface area contributed by atoms with Crippen molar-refractivity contribution in [3.05, 3.63) is 59.7 Å². The van der Waals surface area contributed by atoms with Gasteiger partial charge in [0.2, 0.25) is 0 Å². The quantitative estimate of drug-likeness (QED) is 0.689. The number of hydrogen-bond donors (Lipinski definition) is 0. The van der Waals surface area contributed by atoms with E-state index in [2.05, 4.69) is 17.0 Å². The molecule has 0 aromatic heterocycles. The Kier molecular flexibility index (Phi) is 8.24. The maximum absolute atomic E-state index is 13.6. The van der Waals surface area contributed by atoms with Gasteiger partial charge in [0.05, 0.1) is 24.8 Å². The lowest BCUT2D eigenvalue weighted by Gasteiger charge is -2.41. The van der Waals surface area contributed by atoms with E-state index in [0.717, 1.165) is 64.0 Å². The fourth-order valence-electron chi connectivity index (χ4n) is 5.09. The van der Waals surface area contributed by atoms with Crippen molar-refractivity contribution >= 4 is 5.91 Å². The summed E-state index contributed by atoms with van der Waals surface area (Å²) < 4.78 is 17.4. The SMILES string of the molecule is COc1cccc(CN2CCCC[C@H]3[C@@H](OC)CCCN3C(=O)c3ccccc3OCC2)c1. The molecule has 2 aliphatic heterocycles. The van der Waals surface area contributed by atoms with E-state index in [4.69, 9.17) is 14.2 Å². The van der Waals surface area contributed by atoms with Crippen LogP contribution in [0.15, 0.2) is 48.5 Å². The standard InChI is InChI=1S/C27H36N2O4/c1-31-22-10-7-9-21(19-22)20-28-15-6-5-12-24-26(32-2)14-8-16-29(24)27(30)23-11-3-4-13-25(23)33-18-17-28/h3-4,7,9-11,13,19,24,26H,5-6,8,12,14-18,20H2,1-2H3/t24-,26-/m0/s1. The van der Waals surface area contributed by atoms with Gasteiger partial charge in [-0.1, -0.05) is 30.7 Å². The average Bonchev–Trinajstić information content (AvgIpc) is 2.86. The minimum Gasteiger partial charge on any atom is -0.497 e. The topological polar surface area (TPSA) is 51.2 Å². The lowest BCUT2D eigenvalue weighted by Crippen LogP contribution is -2.51. The first-order valence-electron chi connectivity index (χ1n) is 12.1. The van der Waals surface area contributed by atoms with Gasteiger partial charge in [-0.05, 0) is 62.1 Å². The summed E-state index contributed by atoms with van der Waals surface area (Å²) in [5, 5.41) is 0. The van der Waals surface area contributed by atoms with Crippen LogP contribution in [0.1, 0.15) is 48.0 Å². The van der Waals surface area contributed by atoms with E-state index in [1.165, 1.54) is 5.56 Å². The maximum Gasteiger partial charge on any atom is 0.257 e. The number of ether oxygens (including phenoxy) is 3. The normalized spacial score (nSPS) is 22.7. The van der Waals surface area contributed by atoms with Crippen LogP contribution in [0, 0.1) is 0 Å². The molecule has 6 nitrogen and oxygen atoms in total. The monoisotopic (exact) mass is 452 g/mol. The number of carbonyl (C=O) groups excluding carboxylic acids is 1. The van der Waals surface area contributed by atoms with Crippen LogP contribution in [0.2, 0.25) is 0 Å². The van der Waals surface area contributed by atoms with Crippen molar-refractivity contribution in [2.45, 2.75) is 50.8 Å². The van der Waals surface area contributed by atoms with Crippen molar-refractivity contribution in [2.75, 3.05) is 40.5 Å². The molecule has 2 atom stereocenters. The van der Waals surface area contributed by atoms with Crippen molar-refractivity contribution in [3.63, 3.8) is 0 Å². The molecule has 4 rings (SSSR count). The Morgan fingerprint density at radius 3 is 2.70 bits per heavy atom. The zero-order valence-electron chi connectivity index (χ0n) is 19.9. The highest BCUT2D eigenvalue weighted by molar-refractivity contribution is 5.97. The van der Waals surface area contributed by atoms with Crippen LogP contribution in [0.3, 0.4) is 0 Å². The van der Waals surface area contributed by atoms with E-state index in [9.17, 15) is 4.79 Å². The van der Waals surface area contributed by atoms with Gasteiger partial charge in [0, 0.05) is 26.7 Å². The van der Waals surface area contributed by atoms with Gasteiger partial charge in [-0.25, -0.2) is 0 Å². The average molecular weight is 453 g/mol. The van der Waals surface area contributed by atoms with E-state index < -0.39 is 0 Å². The summed E-state index contributed by atoms with van der Waals surface area (Å²) in [6, 6.07) is 16.0. The molecule has 2 aliphatic rings. The molecule has 0 unspecified atom stereocenters. The predicted molar refractivity (Wildman–Crippen MR) is 129 cm³/mol. The maximum atomic E-state index is 13.6. The Balaban J connectivity index is 1.55. The molecule has 2 heterocycles. The zero-order chi connectivity index (χ0) is 23.0. The molecule has 1 amide bonds. The second-order valence-electron chi connectivity index (χ2n) is 8.95. The highest BCUT2D eigenvalue weighted by Gasteiger charge is 2.35. The molecule has 0 N–H and O–H groups in total. The highest BCUT2D eigenvalue weighted by Crippen LogP contribution is 2.29. The molecule has 0 aliphatic carbocycles. The summed E-state index contributed by atoms with van der Waals surface area (Å²) in [6.45, 7) is 3.95. The van der Waals surface area contributed by atoms with Crippen LogP contribution in [-0.2, 0) is 11.3 Å². The van der Waals surface area contributed by atoms with Gasteiger partial charge < -0.3 is 19.1 Å². The molecule has 2 aromatic rings. The van der Waals surface area contributed by atoms with Crippen molar-refractivity contribution < 1.29 is 19.0 Å². The van der Waals surface area contributed by atoms with Crippen molar-refractivity contribution in [3.8, 4) is 11.5 Å². The molecular formula is C27H36N2O4. The number of nitrogens with zero attached hydrogens (tertiary/aromatic N) is 2. The number of carbonyl (C=O) groups is 1. The Labute approximate surface area is 197 Å². The number of amides is 1. The smallest absolute Gasteiger partial charge is 0.257 e. The van der Waals surface area contributed by atoms with Gasteiger partial charge in [0.15, 0.2) is 0 Å². The second-order valence-corrected chi connectivity index (χ2v) is 8.95. The summed E-state index contributed by atoms with van der Waals surface area (Å²) in [4.78, 5) is 18.0. The largest absolute Gasteiger partial charge is 0.497 e. The molecule has 1 saturated heterocycles. The number of piperidine rings is 1. The third kappa shape index (κ3) is 5.87. The Bertz CT molecular complexity index is 918. The second kappa shape index (κ2) is 11.5. The van der Waals surface area contributed by atoms with Crippen LogP contribution < -0.4 is 9.47 Å². The number of fused-ring (bicyclic) bond motifs is 2. The van der Waals surface area contributed by atoms with Gasteiger partial charge in [-0.3, -0.25) is 9.69 Å². The fraction of sp³-hybridized carbons (Fsp3) is 0.519. The van der Waals surface area contributed by atoms with Crippen molar-refractivity contribution in [1.29, 1.82) is 0 Å². The van der Waals surface area contributed by atoms with Gasteiger partial charge in [0.1, 0.15) is 18.1 Å². The lowest BCUT2D eigenvalue weighted by atomic mass is 9.93. The Hall–Kier alpha value is -2.57. The van der Waals surface area contributed by atoms with E-state index in [0.29, 0.717) is 17.9 Å². The third-order valence-electron chi connectivity index (χ3n) is 6.83. The number of methoxy groups -OCH3 is 2. The molecule has 33 heavy (non-hydrogen) atoms. The van der Waals surface area contributed by atoms with E-state index in [1.807, 2.05) is 41.3 Å². The fourth-order valence-corrected chi connectivity index (χ4v) is 5.09. The molecule has 2 aromatic carbocycles. The van der Waals surface area contributed by atoms with Crippen LogP contribution in [0.25, 0.3) is 0 Å². The molecule has 0 bridgehead atoms. The van der Waals surface area contributed by atoms with Crippen LogP contribution in [-0.4, -0.2) is 68.3 Å². The van der Waals surface area contributed by atoms with E-state index in [-0.39, 0.29) is 18.1 Å². The summed E-state index contributed by atoms with van der Waals surface area (Å²) in [5.74, 6) is 1.61. The molecule has 0 spiro atoms. The Morgan fingerprint density at radius 2 is 1.85 bits per heavy atom. The van der Waals surface area contributed by atoms with Crippen LogP contribution >= 0.6 is 0 Å². The van der Waals surface area contributed by atoms with E-state index in [1.54, 1.807) is 14.2 Å². The molecule has 0 saturated carbocycles. The first kappa shape index (κ1) is 23.6. The third-order valence-corrected chi connectivity index (χ3v) is 6.83. The first-order valence-corrected chi connectivity index (χ1v) is 12.1. The summed E-state index contributed by atoms with van der Waals surface area (Å²) in [7, 11) is 3.47. The minimum absolute atomic E-state index is 0.0600. The van der Waals surface area contributed by atoms with Gasteiger partial charge in [-0.2, -0.15) is 0 Å². The highest BCUT2D eigenvalue weighted by atomic mass is 16.5. The zero-order valence-corrected chi connectivity index (χ0v) is 19.9. The Morgan fingerprint density at radius 1 is 0.970 bits per heavy atom. The van der Waals surface area contributed by atoms with Gasteiger partial charge in [-0.15, -0.1) is 0 Å². The van der Waals surface area contributed by atoms with E-state index >= 15 is 0 Å². The summed E-state index contributed by atoms with van der Waals surface area (Å²) in [6.07, 6.45) is 5.16. The molecule has 1 fully saturated rings. The summed E-state index contributed by atoms with van der Waals surface area (Å²) >= 11 is 0. The number of rotatable bonds is 4. The summed E-state index contributed by atoms with van der Waals surface area (Å²) in [5.41, 5.74) is 1.88. The van der Waals surface area contributed by atoms with Crippen LogP contribution in [0.4, 0.5) is 0 Å². The molecule has 0 radical (unpaired) electrons. The molecule has 178 valence electrons. The van der Waals surface area contributed by atoms with Gasteiger partial charge >= 0.3 is 0 Å².